The summed E-state index contributed by atoms with van der Waals surface area (Å²) in [4.78, 5) is 0. The molecule has 1 aromatic carbocycles. The molecule has 0 saturated heterocycles. The minimum Gasteiger partial charge on any atom is -0.247 e. The molecule has 13 heavy (non-hydrogen) atoms. The first-order valence-electron chi connectivity index (χ1n) is 4.88. The van der Waals surface area contributed by atoms with Crippen molar-refractivity contribution in [2.45, 2.75) is 32.9 Å². The molecule has 0 radical (unpaired) electrons. The molecule has 0 aromatic heterocycles. The molecular formula is C12H17F. The van der Waals surface area contributed by atoms with E-state index >= 15 is 0 Å². The molecule has 1 aromatic rings. The van der Waals surface area contributed by atoms with Crippen LogP contribution in [0, 0.1) is 5.92 Å². The summed E-state index contributed by atoms with van der Waals surface area (Å²) in [6, 6.07) is 10.1. The Kier molecular flexibility index (Phi) is 3.94. The topological polar surface area (TPSA) is 0 Å². The third kappa shape index (κ3) is 3.58. The zero-order chi connectivity index (χ0) is 9.68. The molecule has 1 atom stereocenters. The molecule has 0 amide bonds. The number of hydrogen-bond acceptors (Lipinski definition) is 0. The summed E-state index contributed by atoms with van der Waals surface area (Å²) in [6.07, 6.45) is 0.821. The SMILES string of the molecule is CC(C)C(F)CCc1ccccc1. The van der Waals surface area contributed by atoms with Crippen LogP contribution in [-0.2, 0) is 6.42 Å². The Morgan fingerprint density at radius 2 is 1.77 bits per heavy atom. The molecule has 1 heteroatoms. The van der Waals surface area contributed by atoms with Gasteiger partial charge in [-0.2, -0.15) is 0 Å². The second kappa shape index (κ2) is 5.00. The third-order valence-corrected chi connectivity index (χ3v) is 2.27. The predicted molar refractivity (Wildman–Crippen MR) is 54.5 cm³/mol. The van der Waals surface area contributed by atoms with E-state index in [1.54, 1.807) is 0 Å². The molecule has 0 bridgehead atoms. The maximum atomic E-state index is 13.2. The van der Waals surface area contributed by atoms with Gasteiger partial charge in [-0.1, -0.05) is 44.2 Å². The van der Waals surface area contributed by atoms with Gasteiger partial charge >= 0.3 is 0 Å². The fourth-order valence-electron chi connectivity index (χ4n) is 1.28. The third-order valence-electron chi connectivity index (χ3n) is 2.27. The van der Waals surface area contributed by atoms with E-state index in [2.05, 4.69) is 0 Å². The van der Waals surface area contributed by atoms with Crippen LogP contribution >= 0.6 is 0 Å². The number of rotatable bonds is 4. The van der Waals surface area contributed by atoms with Crippen molar-refractivity contribution < 1.29 is 4.39 Å². The van der Waals surface area contributed by atoms with Crippen molar-refractivity contribution in [3.05, 3.63) is 35.9 Å². The van der Waals surface area contributed by atoms with Crippen LogP contribution in [0.1, 0.15) is 25.8 Å². The van der Waals surface area contributed by atoms with Crippen LogP contribution < -0.4 is 0 Å². The van der Waals surface area contributed by atoms with Gasteiger partial charge in [-0.15, -0.1) is 0 Å². The number of halogens is 1. The molecule has 0 aliphatic rings. The van der Waals surface area contributed by atoms with Gasteiger partial charge in [-0.3, -0.25) is 0 Å². The molecular weight excluding hydrogens is 163 g/mol. The number of benzene rings is 1. The van der Waals surface area contributed by atoms with Crippen molar-refractivity contribution >= 4 is 0 Å². The highest BCUT2D eigenvalue weighted by Crippen LogP contribution is 2.13. The second-order valence-corrected chi connectivity index (χ2v) is 3.78. The van der Waals surface area contributed by atoms with E-state index in [0.29, 0.717) is 6.42 Å². The van der Waals surface area contributed by atoms with Crippen molar-refractivity contribution in [3.8, 4) is 0 Å². The highest BCUT2D eigenvalue weighted by molar-refractivity contribution is 5.14. The van der Waals surface area contributed by atoms with Crippen molar-refractivity contribution in [1.29, 1.82) is 0 Å². The molecule has 0 saturated carbocycles. The van der Waals surface area contributed by atoms with Crippen LogP contribution in [0.4, 0.5) is 4.39 Å². The normalized spacial score (nSPS) is 13.2. The fourth-order valence-corrected chi connectivity index (χ4v) is 1.28. The first-order chi connectivity index (χ1) is 6.20. The van der Waals surface area contributed by atoms with Gasteiger partial charge in [0.25, 0.3) is 0 Å². The average molecular weight is 180 g/mol. The van der Waals surface area contributed by atoms with Crippen molar-refractivity contribution in [2.24, 2.45) is 5.92 Å². The molecule has 1 unspecified atom stereocenters. The van der Waals surface area contributed by atoms with Gasteiger partial charge in [0.2, 0.25) is 0 Å². The van der Waals surface area contributed by atoms with Gasteiger partial charge in [0.1, 0.15) is 6.17 Å². The lowest BCUT2D eigenvalue weighted by Crippen LogP contribution is -2.09. The lowest BCUT2D eigenvalue weighted by Gasteiger charge is -2.11. The monoisotopic (exact) mass is 180 g/mol. The highest BCUT2D eigenvalue weighted by atomic mass is 19.1. The highest BCUT2D eigenvalue weighted by Gasteiger charge is 2.10. The molecule has 0 nitrogen and oxygen atoms in total. The minimum atomic E-state index is -0.666. The van der Waals surface area contributed by atoms with Crippen LogP contribution in [0.3, 0.4) is 0 Å². The Hall–Kier alpha value is -0.850. The van der Waals surface area contributed by atoms with E-state index < -0.39 is 6.17 Å². The summed E-state index contributed by atoms with van der Waals surface area (Å²) in [5, 5.41) is 0. The molecule has 0 heterocycles. The fraction of sp³-hybridized carbons (Fsp3) is 0.500. The summed E-state index contributed by atoms with van der Waals surface area (Å²) < 4.78 is 13.2. The van der Waals surface area contributed by atoms with Crippen LogP contribution in [0.5, 0.6) is 0 Å². The standard InChI is InChI=1S/C12H17F/c1-10(2)12(13)9-8-11-6-4-3-5-7-11/h3-7,10,12H,8-9H2,1-2H3. The van der Waals surface area contributed by atoms with Gasteiger partial charge in [0.05, 0.1) is 0 Å². The summed E-state index contributed by atoms with van der Waals surface area (Å²) in [7, 11) is 0. The molecule has 72 valence electrons. The van der Waals surface area contributed by atoms with E-state index in [9.17, 15) is 4.39 Å². The van der Waals surface area contributed by atoms with Crippen LogP contribution in [-0.4, -0.2) is 6.17 Å². The zero-order valence-corrected chi connectivity index (χ0v) is 8.33. The Morgan fingerprint density at radius 1 is 1.15 bits per heavy atom. The van der Waals surface area contributed by atoms with Crippen molar-refractivity contribution in [1.82, 2.24) is 0 Å². The van der Waals surface area contributed by atoms with E-state index in [1.807, 2.05) is 44.2 Å². The van der Waals surface area contributed by atoms with Gasteiger partial charge < -0.3 is 0 Å². The molecule has 0 spiro atoms. The van der Waals surface area contributed by atoms with Gasteiger partial charge in [-0.05, 0) is 24.3 Å². The first-order valence-corrected chi connectivity index (χ1v) is 4.88. The van der Waals surface area contributed by atoms with E-state index in [4.69, 9.17) is 0 Å². The predicted octanol–water partition coefficient (Wildman–Crippen LogP) is 3.61. The van der Waals surface area contributed by atoms with E-state index in [-0.39, 0.29) is 5.92 Å². The second-order valence-electron chi connectivity index (χ2n) is 3.78. The summed E-state index contributed by atoms with van der Waals surface area (Å²) in [5.41, 5.74) is 1.23. The Labute approximate surface area is 79.8 Å². The van der Waals surface area contributed by atoms with Gasteiger partial charge in [0.15, 0.2) is 0 Å². The quantitative estimate of drug-likeness (QED) is 0.664. The van der Waals surface area contributed by atoms with E-state index in [0.717, 1.165) is 6.42 Å². The summed E-state index contributed by atoms with van der Waals surface area (Å²) in [6.45, 7) is 3.85. The van der Waals surface area contributed by atoms with Crippen LogP contribution in [0.15, 0.2) is 30.3 Å². The van der Waals surface area contributed by atoms with Crippen LogP contribution in [0.25, 0.3) is 0 Å². The largest absolute Gasteiger partial charge is 0.247 e. The van der Waals surface area contributed by atoms with Crippen molar-refractivity contribution in [3.63, 3.8) is 0 Å². The Morgan fingerprint density at radius 3 is 2.31 bits per heavy atom. The molecule has 0 N–H and O–H groups in total. The maximum Gasteiger partial charge on any atom is 0.103 e. The maximum absolute atomic E-state index is 13.2. The zero-order valence-electron chi connectivity index (χ0n) is 8.33. The van der Waals surface area contributed by atoms with Gasteiger partial charge in [-0.25, -0.2) is 4.39 Å². The summed E-state index contributed by atoms with van der Waals surface area (Å²) >= 11 is 0. The summed E-state index contributed by atoms with van der Waals surface area (Å²) in [5.74, 6) is 0.142. The number of aryl methyl sites for hydroxylation is 1. The first kappa shape index (κ1) is 10.2. The Bertz CT molecular complexity index is 228. The lowest BCUT2D eigenvalue weighted by atomic mass is 10.0. The van der Waals surface area contributed by atoms with Crippen LogP contribution in [0.2, 0.25) is 0 Å². The molecule has 0 fully saturated rings. The smallest absolute Gasteiger partial charge is 0.103 e. The number of hydrogen-bond donors (Lipinski definition) is 0. The molecule has 0 aliphatic heterocycles. The molecule has 1 rings (SSSR count). The minimum absolute atomic E-state index is 0.142. The van der Waals surface area contributed by atoms with Gasteiger partial charge in [0, 0.05) is 0 Å². The molecule has 0 aliphatic carbocycles. The number of alkyl halides is 1. The lowest BCUT2D eigenvalue weighted by molar-refractivity contribution is 0.240. The average Bonchev–Trinajstić information content (AvgIpc) is 2.15. The van der Waals surface area contributed by atoms with Crippen molar-refractivity contribution in [2.75, 3.05) is 0 Å². The van der Waals surface area contributed by atoms with E-state index in [1.165, 1.54) is 5.56 Å². The Balaban J connectivity index is 2.35.